The summed E-state index contributed by atoms with van der Waals surface area (Å²) in [5, 5.41) is 9.07. The number of hydrogen-bond donors (Lipinski definition) is 3. The van der Waals surface area contributed by atoms with Crippen molar-refractivity contribution in [1.29, 1.82) is 0 Å². The van der Waals surface area contributed by atoms with E-state index in [0.29, 0.717) is 19.4 Å². The Labute approximate surface area is 96.3 Å². The molecular formula is C10H22N4O2. The third-order valence-electron chi connectivity index (χ3n) is 2.52. The molecular weight excluding hydrogens is 208 g/mol. The monoisotopic (exact) mass is 230 g/mol. The minimum absolute atomic E-state index is 0.0455. The lowest BCUT2D eigenvalue weighted by Gasteiger charge is -2.27. The first-order valence-corrected chi connectivity index (χ1v) is 5.36. The molecule has 0 aromatic heterocycles. The molecule has 1 atom stereocenters. The smallest absolute Gasteiger partial charge is 0.320 e. The highest BCUT2D eigenvalue weighted by Crippen LogP contribution is 2.09. The second kappa shape index (κ2) is 7.05. The van der Waals surface area contributed by atoms with Crippen molar-refractivity contribution >= 4 is 11.9 Å². The van der Waals surface area contributed by atoms with Crippen molar-refractivity contribution in [3.8, 4) is 0 Å². The van der Waals surface area contributed by atoms with Gasteiger partial charge in [0.1, 0.15) is 6.04 Å². The minimum Gasteiger partial charge on any atom is -0.480 e. The Bertz CT molecular complexity index is 249. The van der Waals surface area contributed by atoms with Gasteiger partial charge in [0.25, 0.3) is 0 Å². The van der Waals surface area contributed by atoms with Crippen molar-refractivity contribution in [2.75, 3.05) is 13.6 Å². The van der Waals surface area contributed by atoms with Crippen LogP contribution in [0.4, 0.5) is 0 Å². The number of carbonyl (C=O) groups is 1. The molecule has 0 saturated heterocycles. The van der Waals surface area contributed by atoms with Gasteiger partial charge in [0, 0.05) is 12.6 Å². The van der Waals surface area contributed by atoms with Gasteiger partial charge in [-0.05, 0) is 33.7 Å². The predicted molar refractivity (Wildman–Crippen MR) is 64.2 cm³/mol. The van der Waals surface area contributed by atoms with Gasteiger partial charge < -0.3 is 16.6 Å². The lowest BCUT2D eigenvalue weighted by molar-refractivity contribution is -0.143. The first-order chi connectivity index (χ1) is 7.36. The molecule has 0 rings (SSSR count). The van der Waals surface area contributed by atoms with Gasteiger partial charge in [-0.2, -0.15) is 0 Å². The van der Waals surface area contributed by atoms with Crippen LogP contribution in [-0.4, -0.2) is 47.6 Å². The largest absolute Gasteiger partial charge is 0.480 e. The van der Waals surface area contributed by atoms with Crippen LogP contribution < -0.4 is 11.5 Å². The topological polar surface area (TPSA) is 105 Å². The number of guanidine groups is 1. The molecule has 1 unspecified atom stereocenters. The van der Waals surface area contributed by atoms with E-state index in [1.807, 2.05) is 25.8 Å². The number of aliphatic carboxylic acids is 1. The van der Waals surface area contributed by atoms with Crippen LogP contribution in [0.1, 0.15) is 26.7 Å². The molecule has 5 N–H and O–H groups in total. The van der Waals surface area contributed by atoms with E-state index in [1.165, 1.54) is 0 Å². The fourth-order valence-corrected chi connectivity index (χ4v) is 1.35. The van der Waals surface area contributed by atoms with Gasteiger partial charge in [0.2, 0.25) is 0 Å². The molecule has 0 radical (unpaired) electrons. The summed E-state index contributed by atoms with van der Waals surface area (Å²) in [5.41, 5.74) is 10.4. The van der Waals surface area contributed by atoms with Crippen LogP contribution in [0.2, 0.25) is 0 Å². The zero-order chi connectivity index (χ0) is 12.7. The van der Waals surface area contributed by atoms with Crippen LogP contribution >= 0.6 is 0 Å². The molecule has 0 aliphatic carbocycles. The van der Waals surface area contributed by atoms with Crippen LogP contribution in [0.3, 0.4) is 0 Å². The summed E-state index contributed by atoms with van der Waals surface area (Å²) in [6, 6.07) is -0.279. The molecule has 0 fully saturated rings. The second-order valence-corrected chi connectivity index (χ2v) is 4.06. The fourth-order valence-electron chi connectivity index (χ4n) is 1.35. The second-order valence-electron chi connectivity index (χ2n) is 4.06. The van der Waals surface area contributed by atoms with Crippen molar-refractivity contribution in [2.45, 2.75) is 38.8 Å². The molecule has 0 spiro atoms. The third-order valence-corrected chi connectivity index (χ3v) is 2.52. The van der Waals surface area contributed by atoms with Crippen LogP contribution in [0.25, 0.3) is 0 Å². The van der Waals surface area contributed by atoms with E-state index < -0.39 is 12.0 Å². The molecule has 16 heavy (non-hydrogen) atoms. The summed E-state index contributed by atoms with van der Waals surface area (Å²) in [7, 11) is 1.81. The molecule has 94 valence electrons. The quantitative estimate of drug-likeness (QED) is 0.320. The Balaban J connectivity index is 4.15. The minimum atomic E-state index is -0.805. The summed E-state index contributed by atoms with van der Waals surface area (Å²) in [6.07, 6.45) is 1.20. The Morgan fingerprint density at radius 3 is 2.38 bits per heavy atom. The highest BCUT2D eigenvalue weighted by atomic mass is 16.4. The molecule has 0 heterocycles. The van der Waals surface area contributed by atoms with Crippen molar-refractivity contribution in [2.24, 2.45) is 16.5 Å². The van der Waals surface area contributed by atoms with Gasteiger partial charge in [-0.15, -0.1) is 0 Å². The number of nitrogens with two attached hydrogens (primary N) is 2. The van der Waals surface area contributed by atoms with Crippen LogP contribution in [0.15, 0.2) is 4.99 Å². The average Bonchev–Trinajstić information content (AvgIpc) is 2.15. The third kappa shape index (κ3) is 5.55. The van der Waals surface area contributed by atoms with E-state index in [2.05, 4.69) is 4.99 Å². The average molecular weight is 230 g/mol. The SMILES string of the molecule is CC(C)N(C)C(CCCN=C(N)N)C(=O)O. The lowest BCUT2D eigenvalue weighted by atomic mass is 10.1. The van der Waals surface area contributed by atoms with Crippen LogP contribution in [-0.2, 0) is 4.79 Å². The van der Waals surface area contributed by atoms with E-state index in [1.54, 1.807) is 0 Å². The molecule has 0 bridgehead atoms. The Hall–Kier alpha value is -1.30. The Kier molecular flexibility index (Phi) is 6.48. The summed E-state index contributed by atoms with van der Waals surface area (Å²) < 4.78 is 0. The van der Waals surface area contributed by atoms with Crippen LogP contribution in [0, 0.1) is 0 Å². The van der Waals surface area contributed by atoms with Crippen LogP contribution in [0.5, 0.6) is 0 Å². The van der Waals surface area contributed by atoms with Gasteiger partial charge >= 0.3 is 5.97 Å². The Morgan fingerprint density at radius 1 is 1.44 bits per heavy atom. The molecule has 6 heteroatoms. The number of carboxylic acids is 1. The number of aliphatic imine (C=N–C) groups is 1. The summed E-state index contributed by atoms with van der Waals surface area (Å²) in [5.74, 6) is -0.759. The molecule has 0 amide bonds. The molecule has 6 nitrogen and oxygen atoms in total. The number of carboxylic acid groups (broad SMARTS) is 1. The normalized spacial score (nSPS) is 12.8. The maximum Gasteiger partial charge on any atom is 0.320 e. The summed E-state index contributed by atoms with van der Waals surface area (Å²) in [6.45, 7) is 4.40. The number of rotatable bonds is 7. The lowest BCUT2D eigenvalue weighted by Crippen LogP contribution is -2.42. The highest BCUT2D eigenvalue weighted by Gasteiger charge is 2.23. The highest BCUT2D eigenvalue weighted by molar-refractivity contribution is 5.75. The summed E-state index contributed by atoms with van der Waals surface area (Å²) >= 11 is 0. The maximum absolute atomic E-state index is 11.0. The fraction of sp³-hybridized carbons (Fsp3) is 0.800. The molecule has 0 aromatic carbocycles. The van der Waals surface area contributed by atoms with E-state index in [9.17, 15) is 4.79 Å². The van der Waals surface area contributed by atoms with Gasteiger partial charge in [-0.1, -0.05) is 0 Å². The molecule has 0 aliphatic rings. The van der Waals surface area contributed by atoms with Gasteiger partial charge in [0.15, 0.2) is 5.96 Å². The molecule has 0 aliphatic heterocycles. The van der Waals surface area contributed by atoms with E-state index in [4.69, 9.17) is 16.6 Å². The number of nitrogens with zero attached hydrogens (tertiary/aromatic N) is 2. The number of hydrogen-bond acceptors (Lipinski definition) is 3. The van der Waals surface area contributed by atoms with E-state index in [-0.39, 0.29) is 12.0 Å². The predicted octanol–water partition coefficient (Wildman–Crippen LogP) is -0.167. The van der Waals surface area contributed by atoms with Crippen molar-refractivity contribution in [1.82, 2.24) is 4.90 Å². The standard InChI is InChI=1S/C10H22N4O2/c1-7(2)14(3)8(9(15)16)5-4-6-13-10(11)12/h7-8H,4-6H2,1-3H3,(H,15,16)(H4,11,12,13). The van der Waals surface area contributed by atoms with Gasteiger partial charge in [-0.3, -0.25) is 14.7 Å². The first kappa shape index (κ1) is 14.7. The van der Waals surface area contributed by atoms with E-state index >= 15 is 0 Å². The van der Waals surface area contributed by atoms with Crippen molar-refractivity contribution in [3.05, 3.63) is 0 Å². The van der Waals surface area contributed by atoms with Gasteiger partial charge in [0.05, 0.1) is 0 Å². The Morgan fingerprint density at radius 2 is 2.00 bits per heavy atom. The van der Waals surface area contributed by atoms with E-state index in [0.717, 1.165) is 0 Å². The van der Waals surface area contributed by atoms with Crippen molar-refractivity contribution in [3.63, 3.8) is 0 Å². The zero-order valence-electron chi connectivity index (χ0n) is 10.2. The molecule has 0 aromatic rings. The van der Waals surface area contributed by atoms with Gasteiger partial charge in [-0.25, -0.2) is 0 Å². The summed E-state index contributed by atoms with van der Waals surface area (Å²) in [4.78, 5) is 16.7. The number of likely N-dealkylation sites (N-methyl/N-ethyl adjacent to an activating group) is 1. The zero-order valence-corrected chi connectivity index (χ0v) is 10.2. The van der Waals surface area contributed by atoms with Crippen molar-refractivity contribution < 1.29 is 9.90 Å². The molecule has 0 saturated carbocycles. The maximum atomic E-state index is 11.0. The first-order valence-electron chi connectivity index (χ1n) is 5.36.